The maximum Gasteiger partial charge on any atom is 0.123 e. The van der Waals surface area contributed by atoms with E-state index >= 15 is 0 Å². The second-order valence-corrected chi connectivity index (χ2v) is 7.84. The Bertz CT molecular complexity index is 1110. The number of halogens is 2. The monoisotopic (exact) mass is 392 g/mol. The number of hydrogen-bond acceptors (Lipinski definition) is 2. The highest BCUT2D eigenvalue weighted by Gasteiger charge is 2.31. The largest absolute Gasteiger partial charge is 0.391 e. The second-order valence-electron chi connectivity index (χ2n) is 7.84. The quantitative estimate of drug-likeness (QED) is 0.538. The van der Waals surface area contributed by atoms with Gasteiger partial charge in [0.05, 0.1) is 12.1 Å². The summed E-state index contributed by atoms with van der Waals surface area (Å²) in [6, 6.07) is 19.3. The van der Waals surface area contributed by atoms with Crippen molar-refractivity contribution < 1.29 is 13.9 Å². The molecule has 0 radical (unpaired) electrons. The highest BCUT2D eigenvalue weighted by Crippen LogP contribution is 2.36. The first-order valence-electron chi connectivity index (χ1n) is 9.93. The van der Waals surface area contributed by atoms with E-state index in [1.165, 1.54) is 29.8 Å². The Kier molecular flexibility index (Phi) is 4.57. The van der Waals surface area contributed by atoms with E-state index < -0.39 is 6.10 Å². The van der Waals surface area contributed by atoms with Crippen molar-refractivity contribution in [3.63, 3.8) is 0 Å². The van der Waals surface area contributed by atoms with Gasteiger partial charge in [0.1, 0.15) is 11.6 Å². The summed E-state index contributed by atoms with van der Waals surface area (Å²) in [6.45, 7) is 2.29. The van der Waals surface area contributed by atoms with Crippen molar-refractivity contribution >= 4 is 21.8 Å². The second kappa shape index (κ2) is 7.25. The Morgan fingerprint density at radius 2 is 1.48 bits per heavy atom. The van der Waals surface area contributed by atoms with Gasteiger partial charge in [0.15, 0.2) is 0 Å². The molecule has 5 heteroatoms. The summed E-state index contributed by atoms with van der Waals surface area (Å²) in [5.41, 5.74) is 2.87. The number of hydrogen-bond donors (Lipinski definition) is 1. The van der Waals surface area contributed by atoms with E-state index in [2.05, 4.69) is 21.6 Å². The molecule has 4 aromatic rings. The van der Waals surface area contributed by atoms with Crippen LogP contribution in [0.15, 0.2) is 66.7 Å². The summed E-state index contributed by atoms with van der Waals surface area (Å²) in [7, 11) is 0. The van der Waals surface area contributed by atoms with Gasteiger partial charge in [-0.2, -0.15) is 0 Å². The summed E-state index contributed by atoms with van der Waals surface area (Å²) in [5, 5.41) is 12.2. The Labute approximate surface area is 167 Å². The lowest BCUT2D eigenvalue weighted by atomic mass is 10.0. The summed E-state index contributed by atoms with van der Waals surface area (Å²) in [5.74, 6) is -0.702. The smallest absolute Gasteiger partial charge is 0.123 e. The molecule has 2 heterocycles. The predicted octanol–water partition coefficient (Wildman–Crippen LogP) is 4.88. The molecule has 1 aromatic heterocycles. The van der Waals surface area contributed by atoms with Crippen molar-refractivity contribution in [2.45, 2.75) is 25.1 Å². The molecule has 1 N–H and O–H groups in total. The fourth-order valence-electron chi connectivity index (χ4n) is 4.58. The van der Waals surface area contributed by atoms with Crippen LogP contribution in [0.2, 0.25) is 0 Å². The molecule has 2 unspecified atom stereocenters. The first-order valence-corrected chi connectivity index (χ1v) is 9.93. The molecule has 1 saturated heterocycles. The molecule has 1 fully saturated rings. The molecule has 2 atom stereocenters. The number of piperidine rings is 1. The molecule has 29 heavy (non-hydrogen) atoms. The lowest BCUT2D eigenvalue weighted by Crippen LogP contribution is -2.43. The van der Waals surface area contributed by atoms with Crippen LogP contribution < -0.4 is 0 Å². The molecule has 0 aliphatic carbocycles. The summed E-state index contributed by atoms with van der Waals surface area (Å²) in [4.78, 5) is 2.33. The number of fused-ring (bicyclic) bond motifs is 3. The van der Waals surface area contributed by atoms with Gasteiger partial charge < -0.3 is 9.67 Å². The van der Waals surface area contributed by atoms with Crippen LogP contribution in [0.4, 0.5) is 8.78 Å². The van der Waals surface area contributed by atoms with Gasteiger partial charge in [-0.25, -0.2) is 8.78 Å². The molecule has 3 nitrogen and oxygen atoms in total. The molecule has 0 bridgehead atoms. The third kappa shape index (κ3) is 3.30. The summed E-state index contributed by atoms with van der Waals surface area (Å²) >= 11 is 0. The normalized spacial score (nSPS) is 20.5. The van der Waals surface area contributed by atoms with E-state index in [4.69, 9.17) is 0 Å². The number of nitrogens with zero attached hydrogens (tertiary/aromatic N) is 2. The number of aliphatic hydroxyl groups is 1. The minimum Gasteiger partial charge on any atom is -0.391 e. The van der Waals surface area contributed by atoms with Crippen molar-refractivity contribution in [3.05, 3.63) is 83.9 Å². The van der Waals surface area contributed by atoms with Gasteiger partial charge in [-0.3, -0.25) is 4.90 Å². The molecule has 1 aliphatic heterocycles. The van der Waals surface area contributed by atoms with E-state index in [0.29, 0.717) is 23.7 Å². The van der Waals surface area contributed by atoms with E-state index in [9.17, 15) is 13.9 Å². The molecule has 5 rings (SSSR count). The maximum atomic E-state index is 13.9. The molecule has 148 valence electrons. The van der Waals surface area contributed by atoms with E-state index in [1.54, 1.807) is 12.1 Å². The first kappa shape index (κ1) is 18.3. The van der Waals surface area contributed by atoms with Crippen LogP contribution in [-0.4, -0.2) is 33.8 Å². The predicted molar refractivity (Wildman–Crippen MR) is 111 cm³/mol. The lowest BCUT2D eigenvalue weighted by Gasteiger charge is -2.37. The van der Waals surface area contributed by atoms with Crippen LogP contribution in [0.25, 0.3) is 21.8 Å². The molecular formula is C24H22F2N2O. The Morgan fingerprint density at radius 1 is 0.862 bits per heavy atom. The molecule has 0 amide bonds. The molecule has 3 aromatic carbocycles. The van der Waals surface area contributed by atoms with E-state index in [1.807, 2.05) is 18.2 Å². The van der Waals surface area contributed by atoms with Gasteiger partial charge in [0.2, 0.25) is 0 Å². The average Bonchev–Trinajstić information content (AvgIpc) is 3.03. The zero-order valence-corrected chi connectivity index (χ0v) is 15.9. The van der Waals surface area contributed by atoms with Crippen LogP contribution in [-0.2, 0) is 6.54 Å². The standard InChI is InChI=1S/C24H22F2N2O/c25-17-6-8-21-19(12-17)20-13-18(26)7-9-22(20)28(21)23-15-27(11-10-24(23)29)14-16-4-2-1-3-5-16/h1-9,12-13,23-24,29H,10-11,14-15H2. The van der Waals surface area contributed by atoms with E-state index in [0.717, 1.165) is 24.1 Å². The van der Waals surface area contributed by atoms with Gasteiger partial charge in [-0.1, -0.05) is 30.3 Å². The van der Waals surface area contributed by atoms with Crippen LogP contribution >= 0.6 is 0 Å². The number of aromatic nitrogens is 1. The number of aliphatic hydroxyl groups excluding tert-OH is 1. The summed E-state index contributed by atoms with van der Waals surface area (Å²) < 4.78 is 29.9. The van der Waals surface area contributed by atoms with Crippen molar-refractivity contribution in [3.8, 4) is 0 Å². The summed E-state index contributed by atoms with van der Waals surface area (Å²) in [6.07, 6.45) is 0.136. The first-order chi connectivity index (χ1) is 14.1. The van der Waals surface area contributed by atoms with Gasteiger partial charge in [0.25, 0.3) is 0 Å². The minimum atomic E-state index is -0.518. The third-order valence-corrected chi connectivity index (χ3v) is 5.94. The highest BCUT2D eigenvalue weighted by atomic mass is 19.1. The minimum absolute atomic E-state index is 0.191. The number of benzene rings is 3. The van der Waals surface area contributed by atoms with Gasteiger partial charge in [-0.05, 0) is 48.4 Å². The van der Waals surface area contributed by atoms with Gasteiger partial charge in [0, 0.05) is 41.4 Å². The molecule has 0 saturated carbocycles. The van der Waals surface area contributed by atoms with E-state index in [-0.39, 0.29) is 17.7 Å². The van der Waals surface area contributed by atoms with Crippen LogP contribution in [0, 0.1) is 11.6 Å². The Balaban J connectivity index is 1.59. The van der Waals surface area contributed by atoms with Crippen molar-refractivity contribution in [1.29, 1.82) is 0 Å². The Hall–Kier alpha value is -2.76. The molecule has 1 aliphatic rings. The fourth-order valence-corrected chi connectivity index (χ4v) is 4.58. The van der Waals surface area contributed by atoms with Crippen LogP contribution in [0.5, 0.6) is 0 Å². The van der Waals surface area contributed by atoms with Gasteiger partial charge >= 0.3 is 0 Å². The van der Waals surface area contributed by atoms with Crippen molar-refractivity contribution in [1.82, 2.24) is 9.47 Å². The Morgan fingerprint density at radius 3 is 2.10 bits per heavy atom. The highest BCUT2D eigenvalue weighted by molar-refractivity contribution is 6.08. The third-order valence-electron chi connectivity index (χ3n) is 5.94. The fraction of sp³-hybridized carbons (Fsp3) is 0.250. The lowest BCUT2D eigenvalue weighted by molar-refractivity contribution is 0.0330. The van der Waals surface area contributed by atoms with Crippen molar-refractivity contribution in [2.24, 2.45) is 0 Å². The number of rotatable bonds is 3. The SMILES string of the molecule is OC1CCN(Cc2ccccc2)CC1n1c2ccc(F)cc2c2cc(F)ccc21. The van der Waals surface area contributed by atoms with Gasteiger partial charge in [-0.15, -0.1) is 0 Å². The topological polar surface area (TPSA) is 28.4 Å². The zero-order chi connectivity index (χ0) is 20.0. The van der Waals surface area contributed by atoms with Crippen LogP contribution in [0.3, 0.4) is 0 Å². The zero-order valence-electron chi connectivity index (χ0n) is 15.9. The van der Waals surface area contributed by atoms with Crippen LogP contribution in [0.1, 0.15) is 18.0 Å². The van der Waals surface area contributed by atoms with Crippen molar-refractivity contribution in [2.75, 3.05) is 13.1 Å². The number of likely N-dealkylation sites (tertiary alicyclic amines) is 1. The average molecular weight is 392 g/mol. The molecule has 0 spiro atoms. The molecular weight excluding hydrogens is 370 g/mol. The maximum absolute atomic E-state index is 13.9.